The molecule has 1 aliphatic carbocycles. The average molecular weight is 526 g/mol. The Morgan fingerprint density at radius 3 is 2.59 bits per heavy atom. The van der Waals surface area contributed by atoms with Gasteiger partial charge in [0.25, 0.3) is 0 Å². The zero-order valence-electron chi connectivity index (χ0n) is 22.2. The number of nitrogens with zero attached hydrogens (tertiary/aromatic N) is 4. The number of anilines is 2. The Morgan fingerprint density at radius 1 is 1.13 bits per heavy atom. The first-order valence-electron chi connectivity index (χ1n) is 13.4. The molecule has 4 N–H and O–H groups in total. The molecule has 1 aliphatic heterocycles. The summed E-state index contributed by atoms with van der Waals surface area (Å²) in [5, 5.41) is 12.3. The van der Waals surface area contributed by atoms with Crippen molar-refractivity contribution in [2.75, 3.05) is 37.7 Å². The number of likely N-dealkylation sites (tertiary alicyclic amines) is 1. The van der Waals surface area contributed by atoms with Gasteiger partial charge < -0.3 is 20.7 Å². The van der Waals surface area contributed by atoms with Crippen LogP contribution in [0.3, 0.4) is 0 Å². The number of ether oxygens (including phenoxy) is 1. The molecule has 0 unspecified atom stereocenters. The minimum absolute atomic E-state index is 0.00231. The van der Waals surface area contributed by atoms with E-state index in [0.717, 1.165) is 18.7 Å². The van der Waals surface area contributed by atoms with E-state index in [2.05, 4.69) is 27.2 Å². The van der Waals surface area contributed by atoms with Crippen LogP contribution in [0.4, 0.5) is 11.6 Å². The van der Waals surface area contributed by atoms with Crippen LogP contribution in [0.2, 0.25) is 0 Å². The van der Waals surface area contributed by atoms with Crippen LogP contribution in [0.15, 0.2) is 73.1 Å². The van der Waals surface area contributed by atoms with Crippen molar-refractivity contribution in [2.24, 2.45) is 0 Å². The second kappa shape index (κ2) is 12.1. The fraction of sp³-hybridized carbons (Fsp3) is 0.333. The summed E-state index contributed by atoms with van der Waals surface area (Å²) in [6.07, 6.45) is 9.62. The molecule has 2 heterocycles. The van der Waals surface area contributed by atoms with E-state index in [0.29, 0.717) is 41.8 Å². The minimum atomic E-state index is 0.00231. The zero-order chi connectivity index (χ0) is 27.2. The highest BCUT2D eigenvalue weighted by Crippen LogP contribution is 2.27. The van der Waals surface area contributed by atoms with Crippen molar-refractivity contribution in [3.8, 4) is 11.5 Å². The van der Waals surface area contributed by atoms with Crippen molar-refractivity contribution in [1.29, 1.82) is 5.41 Å². The zero-order valence-corrected chi connectivity index (χ0v) is 22.2. The summed E-state index contributed by atoms with van der Waals surface area (Å²) >= 11 is 0. The van der Waals surface area contributed by atoms with Crippen LogP contribution < -0.4 is 15.8 Å². The monoisotopic (exact) mass is 525 g/mol. The average Bonchev–Trinajstić information content (AvgIpc) is 3.37. The number of amides is 1. The van der Waals surface area contributed by atoms with Crippen molar-refractivity contribution in [3.63, 3.8) is 0 Å². The van der Waals surface area contributed by atoms with Gasteiger partial charge in [0, 0.05) is 43.4 Å². The Kier molecular flexibility index (Phi) is 8.17. The number of para-hydroxylation sites is 1. The predicted octanol–water partition coefficient (Wildman–Crippen LogP) is 4.32. The number of nitrogens with one attached hydrogen (secondary N) is 2. The number of rotatable bonds is 10. The van der Waals surface area contributed by atoms with Crippen molar-refractivity contribution in [3.05, 3.63) is 84.2 Å². The van der Waals surface area contributed by atoms with Crippen LogP contribution in [0.1, 0.15) is 36.8 Å². The third kappa shape index (κ3) is 6.43. The molecule has 2 aliphatic rings. The molecule has 2 fully saturated rings. The normalized spacial score (nSPS) is 17.4. The van der Waals surface area contributed by atoms with Gasteiger partial charge in [0.1, 0.15) is 29.5 Å². The van der Waals surface area contributed by atoms with Crippen molar-refractivity contribution >= 4 is 23.3 Å². The van der Waals surface area contributed by atoms with Gasteiger partial charge in [-0.05, 0) is 62.7 Å². The third-order valence-corrected chi connectivity index (χ3v) is 7.44. The Morgan fingerprint density at radius 2 is 1.87 bits per heavy atom. The molecule has 1 atom stereocenters. The lowest BCUT2D eigenvalue weighted by molar-refractivity contribution is -0.125. The quantitative estimate of drug-likeness (QED) is 0.266. The van der Waals surface area contributed by atoms with Crippen LogP contribution in [0.25, 0.3) is 0 Å². The van der Waals surface area contributed by atoms with E-state index in [9.17, 15) is 4.79 Å². The summed E-state index contributed by atoms with van der Waals surface area (Å²) in [7, 11) is 2.11. The highest BCUT2D eigenvalue weighted by Gasteiger charge is 2.27. The van der Waals surface area contributed by atoms with Gasteiger partial charge in [-0.15, -0.1) is 0 Å². The molecule has 0 bridgehead atoms. The van der Waals surface area contributed by atoms with Gasteiger partial charge >= 0.3 is 0 Å². The van der Waals surface area contributed by atoms with Crippen molar-refractivity contribution in [1.82, 2.24) is 19.8 Å². The molecule has 0 radical (unpaired) electrons. The summed E-state index contributed by atoms with van der Waals surface area (Å²) in [5.41, 5.74) is 7.55. The predicted molar refractivity (Wildman–Crippen MR) is 153 cm³/mol. The molecule has 0 spiro atoms. The van der Waals surface area contributed by atoms with Gasteiger partial charge in [-0.3, -0.25) is 15.1 Å². The first-order valence-corrected chi connectivity index (χ1v) is 13.4. The molecular weight excluding hydrogens is 490 g/mol. The third-order valence-electron chi connectivity index (χ3n) is 7.44. The fourth-order valence-electron chi connectivity index (χ4n) is 4.89. The highest BCUT2D eigenvalue weighted by atomic mass is 16.5. The number of likely N-dealkylation sites (N-methyl/N-ethyl adjacent to an activating group) is 1. The number of carbonyl (C=O) groups is 1. The summed E-state index contributed by atoms with van der Waals surface area (Å²) < 4.78 is 5.87. The van der Waals surface area contributed by atoms with Crippen LogP contribution >= 0.6 is 0 Å². The largest absolute Gasteiger partial charge is 0.457 e. The second-order valence-corrected chi connectivity index (χ2v) is 10.1. The van der Waals surface area contributed by atoms with Gasteiger partial charge in [0.05, 0.1) is 11.3 Å². The number of hydrogen-bond donors (Lipinski definition) is 3. The number of benzene rings is 2. The topological polar surface area (TPSA) is 120 Å². The molecule has 1 amide bonds. The molecule has 1 saturated carbocycles. The molecule has 202 valence electrons. The lowest BCUT2D eigenvalue weighted by Gasteiger charge is -2.33. The molecule has 1 saturated heterocycles. The molecule has 2 aromatic carbocycles. The molecular formula is C30H35N7O2. The van der Waals surface area contributed by atoms with E-state index in [1.165, 1.54) is 25.6 Å². The number of nitrogens with two attached hydrogens (primary N) is 1. The van der Waals surface area contributed by atoms with Gasteiger partial charge in [-0.2, -0.15) is 0 Å². The summed E-state index contributed by atoms with van der Waals surface area (Å²) in [6, 6.07) is 17.5. The fourth-order valence-corrected chi connectivity index (χ4v) is 4.89. The number of aromatic nitrogens is 2. The van der Waals surface area contributed by atoms with Gasteiger partial charge in [-0.1, -0.05) is 30.7 Å². The SMILES string of the molecule is CN(C/C=C/C(=O)N1CC[C@@H](Nc2ncnc(N)c2C(=N)c2ccc(Oc3ccccc3)cc2)C1)C1CCC1. The lowest BCUT2D eigenvalue weighted by Crippen LogP contribution is -2.37. The van der Waals surface area contributed by atoms with E-state index in [-0.39, 0.29) is 23.5 Å². The molecule has 5 rings (SSSR count). The van der Waals surface area contributed by atoms with Crippen molar-refractivity contribution in [2.45, 2.75) is 37.8 Å². The molecule has 9 nitrogen and oxygen atoms in total. The maximum atomic E-state index is 12.7. The molecule has 9 heteroatoms. The summed E-state index contributed by atoms with van der Waals surface area (Å²) in [4.78, 5) is 25.4. The van der Waals surface area contributed by atoms with E-state index in [1.54, 1.807) is 6.08 Å². The van der Waals surface area contributed by atoms with Crippen LogP contribution in [0, 0.1) is 5.41 Å². The minimum Gasteiger partial charge on any atom is -0.457 e. The summed E-state index contributed by atoms with van der Waals surface area (Å²) in [5.74, 6) is 2.16. The van der Waals surface area contributed by atoms with Crippen LogP contribution in [0.5, 0.6) is 11.5 Å². The van der Waals surface area contributed by atoms with E-state index >= 15 is 0 Å². The van der Waals surface area contributed by atoms with Crippen LogP contribution in [-0.4, -0.2) is 70.2 Å². The maximum Gasteiger partial charge on any atom is 0.246 e. The highest BCUT2D eigenvalue weighted by molar-refractivity contribution is 6.16. The van der Waals surface area contributed by atoms with Crippen molar-refractivity contribution < 1.29 is 9.53 Å². The molecule has 39 heavy (non-hydrogen) atoms. The number of nitrogen functional groups attached to an aromatic ring is 1. The Hall–Kier alpha value is -4.24. The van der Waals surface area contributed by atoms with Gasteiger partial charge in [0.2, 0.25) is 5.91 Å². The molecule has 3 aromatic rings. The maximum absolute atomic E-state index is 12.7. The standard InChI is InChI=1S/C30H35N7O2/c1-36(23-7-5-8-23)17-6-11-26(38)37-18-16-22(19-37)35-30-27(29(32)33-20-34-30)28(31)21-12-14-25(15-13-21)39-24-9-3-2-4-10-24/h2-4,6,9-15,20,22-23,31H,5,7-8,16-19H2,1H3,(H3,32,33,34,35)/b11-6+,31-28?/t22-/m1/s1. The number of hydrogen-bond acceptors (Lipinski definition) is 8. The Balaban J connectivity index is 1.20. The van der Waals surface area contributed by atoms with E-state index in [4.69, 9.17) is 15.9 Å². The van der Waals surface area contributed by atoms with E-state index in [1.807, 2.05) is 65.6 Å². The first-order chi connectivity index (χ1) is 19.0. The smallest absolute Gasteiger partial charge is 0.246 e. The first kappa shape index (κ1) is 26.4. The Bertz CT molecular complexity index is 1320. The summed E-state index contributed by atoms with van der Waals surface area (Å²) in [6.45, 7) is 2.01. The van der Waals surface area contributed by atoms with Crippen LogP contribution in [-0.2, 0) is 4.79 Å². The molecule has 1 aromatic heterocycles. The van der Waals surface area contributed by atoms with E-state index < -0.39 is 0 Å². The number of carbonyl (C=O) groups excluding carboxylic acids is 1. The Labute approximate surface area is 229 Å². The lowest BCUT2D eigenvalue weighted by atomic mass is 9.92. The second-order valence-electron chi connectivity index (χ2n) is 10.1. The van der Waals surface area contributed by atoms with Gasteiger partial charge in [-0.25, -0.2) is 9.97 Å². The van der Waals surface area contributed by atoms with Gasteiger partial charge in [0.15, 0.2) is 0 Å².